The number of carbonyl (C=O) groups is 2. The van der Waals surface area contributed by atoms with E-state index in [1.165, 1.54) is 18.2 Å². The highest BCUT2D eigenvalue weighted by molar-refractivity contribution is 6.31. The molecule has 24 heavy (non-hydrogen) atoms. The molecule has 0 unspecified atom stereocenters. The third-order valence-electron chi connectivity index (χ3n) is 4.71. The zero-order chi connectivity index (χ0) is 17.7. The lowest BCUT2D eigenvalue weighted by Crippen LogP contribution is -2.38. The maximum absolute atomic E-state index is 13.2. The summed E-state index contributed by atoms with van der Waals surface area (Å²) in [6.45, 7) is 5.41. The molecule has 6 heteroatoms. The summed E-state index contributed by atoms with van der Waals surface area (Å²) in [6.07, 6.45) is 2.85. The summed E-state index contributed by atoms with van der Waals surface area (Å²) in [5.41, 5.74) is 0.493. The first kappa shape index (κ1) is 18.7. The Morgan fingerprint density at radius 2 is 1.75 bits per heavy atom. The molecule has 0 saturated heterocycles. The average Bonchev–Trinajstić information content (AvgIpc) is 2.59. The number of nitrogens with one attached hydrogen (secondary N) is 1. The Labute approximate surface area is 147 Å². The largest absolute Gasteiger partial charge is 0.343 e. The quantitative estimate of drug-likeness (QED) is 0.865. The Kier molecular flexibility index (Phi) is 6.60. The second-order valence-electron chi connectivity index (χ2n) is 6.18. The molecule has 2 rings (SSSR count). The van der Waals surface area contributed by atoms with Gasteiger partial charge in [0.15, 0.2) is 0 Å². The van der Waals surface area contributed by atoms with Crippen LogP contribution in [0.25, 0.3) is 0 Å². The highest BCUT2D eigenvalue weighted by Crippen LogP contribution is 2.31. The Bertz CT molecular complexity index is 597. The molecule has 0 bridgehead atoms. The number of hydrogen-bond acceptors (Lipinski definition) is 2. The van der Waals surface area contributed by atoms with Gasteiger partial charge in [-0.1, -0.05) is 11.6 Å². The van der Waals surface area contributed by atoms with Crippen molar-refractivity contribution in [2.24, 2.45) is 11.8 Å². The van der Waals surface area contributed by atoms with Crippen molar-refractivity contribution in [2.75, 3.05) is 18.4 Å². The molecular formula is C18H24ClFN2O2. The van der Waals surface area contributed by atoms with Crippen molar-refractivity contribution in [3.05, 3.63) is 29.0 Å². The average molecular weight is 355 g/mol. The maximum Gasteiger partial charge on any atom is 0.227 e. The lowest BCUT2D eigenvalue weighted by molar-refractivity contribution is -0.137. The van der Waals surface area contributed by atoms with Crippen LogP contribution >= 0.6 is 11.6 Å². The minimum atomic E-state index is -0.509. The van der Waals surface area contributed by atoms with Crippen molar-refractivity contribution in [3.8, 4) is 0 Å². The summed E-state index contributed by atoms with van der Waals surface area (Å²) in [5.74, 6) is -0.496. The molecule has 0 radical (unpaired) electrons. The van der Waals surface area contributed by atoms with Gasteiger partial charge in [-0.15, -0.1) is 0 Å². The van der Waals surface area contributed by atoms with Gasteiger partial charge in [0.2, 0.25) is 11.8 Å². The van der Waals surface area contributed by atoms with E-state index in [4.69, 9.17) is 11.6 Å². The molecule has 0 aliphatic heterocycles. The first-order valence-corrected chi connectivity index (χ1v) is 8.88. The van der Waals surface area contributed by atoms with E-state index >= 15 is 0 Å². The van der Waals surface area contributed by atoms with Crippen LogP contribution in [-0.2, 0) is 9.59 Å². The van der Waals surface area contributed by atoms with Gasteiger partial charge in [0.05, 0.1) is 5.02 Å². The fourth-order valence-electron chi connectivity index (χ4n) is 3.21. The van der Waals surface area contributed by atoms with Gasteiger partial charge in [0.25, 0.3) is 0 Å². The number of hydrogen-bond donors (Lipinski definition) is 1. The van der Waals surface area contributed by atoms with Gasteiger partial charge < -0.3 is 10.2 Å². The summed E-state index contributed by atoms with van der Waals surface area (Å²) in [4.78, 5) is 26.6. The molecule has 1 fully saturated rings. The first-order valence-electron chi connectivity index (χ1n) is 8.50. The molecule has 1 aliphatic rings. The van der Waals surface area contributed by atoms with E-state index in [2.05, 4.69) is 5.32 Å². The Morgan fingerprint density at radius 1 is 1.17 bits per heavy atom. The summed E-state index contributed by atoms with van der Waals surface area (Å²) in [5, 5.41) is 2.77. The fraction of sp³-hybridized carbons (Fsp3) is 0.556. The maximum atomic E-state index is 13.2. The highest BCUT2D eigenvalue weighted by atomic mass is 35.5. The lowest BCUT2D eigenvalue weighted by Gasteiger charge is -2.30. The topological polar surface area (TPSA) is 49.4 Å². The third-order valence-corrected chi connectivity index (χ3v) is 5.00. The van der Waals surface area contributed by atoms with Crippen molar-refractivity contribution in [3.63, 3.8) is 0 Å². The van der Waals surface area contributed by atoms with E-state index in [0.717, 1.165) is 25.9 Å². The molecule has 0 heterocycles. The van der Waals surface area contributed by atoms with Crippen molar-refractivity contribution < 1.29 is 14.0 Å². The second kappa shape index (κ2) is 8.47. The summed E-state index contributed by atoms with van der Waals surface area (Å²) in [7, 11) is 0. The van der Waals surface area contributed by atoms with Crippen LogP contribution in [0, 0.1) is 17.7 Å². The smallest absolute Gasteiger partial charge is 0.227 e. The van der Waals surface area contributed by atoms with Crippen LogP contribution in [0.4, 0.5) is 10.1 Å². The van der Waals surface area contributed by atoms with Crippen LogP contribution in [0.1, 0.15) is 39.5 Å². The minimum Gasteiger partial charge on any atom is -0.343 e. The summed E-state index contributed by atoms with van der Waals surface area (Å²) >= 11 is 5.73. The van der Waals surface area contributed by atoms with E-state index in [1.807, 2.05) is 18.7 Å². The molecule has 0 spiro atoms. The van der Waals surface area contributed by atoms with Gasteiger partial charge in [0.1, 0.15) is 5.82 Å². The van der Waals surface area contributed by atoms with Gasteiger partial charge in [-0.2, -0.15) is 0 Å². The van der Waals surface area contributed by atoms with Gasteiger partial charge in [-0.3, -0.25) is 9.59 Å². The SMILES string of the molecule is CCN(CC)C(=O)C1CCC(C(=O)Nc2ccc(F)c(Cl)c2)CC1. The zero-order valence-electron chi connectivity index (χ0n) is 14.1. The van der Waals surface area contributed by atoms with E-state index < -0.39 is 5.82 Å². The standard InChI is InChI=1S/C18H24ClFN2O2/c1-3-22(4-2)18(24)13-7-5-12(6-8-13)17(23)21-14-9-10-16(20)15(19)11-14/h9-13H,3-8H2,1-2H3,(H,21,23). The molecule has 1 N–H and O–H groups in total. The van der Waals surface area contributed by atoms with Crippen LogP contribution in [0.3, 0.4) is 0 Å². The predicted molar refractivity (Wildman–Crippen MR) is 93.4 cm³/mol. The second-order valence-corrected chi connectivity index (χ2v) is 6.58. The molecule has 0 atom stereocenters. The lowest BCUT2D eigenvalue weighted by atomic mass is 9.81. The number of carbonyl (C=O) groups excluding carboxylic acids is 2. The summed E-state index contributed by atoms with van der Waals surface area (Å²) < 4.78 is 13.2. The van der Waals surface area contributed by atoms with Crippen LogP contribution in [-0.4, -0.2) is 29.8 Å². The van der Waals surface area contributed by atoms with E-state index in [1.54, 1.807) is 0 Å². The highest BCUT2D eigenvalue weighted by Gasteiger charge is 2.31. The van der Waals surface area contributed by atoms with Crippen LogP contribution in [0.5, 0.6) is 0 Å². The molecule has 1 aliphatic carbocycles. The van der Waals surface area contributed by atoms with Crippen molar-refractivity contribution in [1.82, 2.24) is 4.90 Å². The summed E-state index contributed by atoms with van der Waals surface area (Å²) in [6, 6.07) is 4.14. The van der Waals surface area contributed by atoms with Gasteiger partial charge in [-0.05, 0) is 57.7 Å². The number of benzene rings is 1. The number of amides is 2. The molecular weight excluding hydrogens is 331 g/mol. The number of halogens is 2. The molecule has 132 valence electrons. The molecule has 0 aromatic heterocycles. The van der Waals surface area contributed by atoms with Crippen molar-refractivity contribution in [2.45, 2.75) is 39.5 Å². The van der Waals surface area contributed by atoms with E-state index in [-0.39, 0.29) is 28.7 Å². The molecule has 4 nitrogen and oxygen atoms in total. The molecule has 1 saturated carbocycles. The van der Waals surface area contributed by atoms with E-state index in [9.17, 15) is 14.0 Å². The monoisotopic (exact) mass is 354 g/mol. The molecule has 1 aromatic rings. The number of anilines is 1. The Morgan fingerprint density at radius 3 is 2.29 bits per heavy atom. The van der Waals surface area contributed by atoms with E-state index in [0.29, 0.717) is 18.5 Å². The Hall–Kier alpha value is -1.62. The number of nitrogens with zero attached hydrogens (tertiary/aromatic N) is 1. The van der Waals surface area contributed by atoms with Gasteiger partial charge >= 0.3 is 0 Å². The van der Waals surface area contributed by atoms with Crippen molar-refractivity contribution >= 4 is 29.1 Å². The third kappa shape index (κ3) is 4.47. The van der Waals surface area contributed by atoms with Crippen LogP contribution < -0.4 is 5.32 Å². The van der Waals surface area contributed by atoms with Gasteiger partial charge in [0, 0.05) is 30.6 Å². The van der Waals surface area contributed by atoms with Crippen LogP contribution in [0.2, 0.25) is 5.02 Å². The zero-order valence-corrected chi connectivity index (χ0v) is 14.9. The van der Waals surface area contributed by atoms with Crippen molar-refractivity contribution in [1.29, 1.82) is 0 Å². The Balaban J connectivity index is 1.88. The molecule has 1 aromatic carbocycles. The molecule has 2 amide bonds. The van der Waals surface area contributed by atoms with Crippen LogP contribution in [0.15, 0.2) is 18.2 Å². The normalized spacial score (nSPS) is 20.5. The minimum absolute atomic E-state index is 0.0127. The number of rotatable bonds is 5. The van der Waals surface area contributed by atoms with Gasteiger partial charge in [-0.25, -0.2) is 4.39 Å². The predicted octanol–water partition coefficient (Wildman–Crippen LogP) is 4.09. The first-order chi connectivity index (χ1) is 11.5. The fourth-order valence-corrected chi connectivity index (χ4v) is 3.39.